The van der Waals surface area contributed by atoms with Gasteiger partial charge in [-0.15, -0.1) is 0 Å². The molecule has 4 rings (SSSR count). The predicted molar refractivity (Wildman–Crippen MR) is 109 cm³/mol. The van der Waals surface area contributed by atoms with Gasteiger partial charge < -0.3 is 5.32 Å². The van der Waals surface area contributed by atoms with E-state index in [1.807, 2.05) is 0 Å². The molecule has 0 unspecified atom stereocenters. The van der Waals surface area contributed by atoms with Crippen LogP contribution in [0, 0.1) is 11.6 Å². The van der Waals surface area contributed by atoms with E-state index in [0.29, 0.717) is 12.8 Å². The number of benzene rings is 2. The molecule has 2 aliphatic rings. The van der Waals surface area contributed by atoms with Gasteiger partial charge in [-0.25, -0.2) is 8.78 Å². The zero-order chi connectivity index (χ0) is 21.3. The summed E-state index contributed by atoms with van der Waals surface area (Å²) < 4.78 is 26.9. The van der Waals surface area contributed by atoms with Gasteiger partial charge in [0.1, 0.15) is 11.6 Å². The second kappa shape index (κ2) is 8.02. The van der Waals surface area contributed by atoms with E-state index < -0.39 is 22.4 Å². The molecule has 30 heavy (non-hydrogen) atoms. The van der Waals surface area contributed by atoms with Crippen LogP contribution in [0.5, 0.6) is 0 Å². The van der Waals surface area contributed by atoms with Crippen LogP contribution in [0.3, 0.4) is 0 Å². The minimum Gasteiger partial charge on any atom is -0.354 e. The second-order valence-corrected chi connectivity index (χ2v) is 8.19. The van der Waals surface area contributed by atoms with E-state index >= 15 is 0 Å². The molecule has 1 N–H and O–H groups in total. The van der Waals surface area contributed by atoms with Gasteiger partial charge in [0.15, 0.2) is 0 Å². The third-order valence-corrected chi connectivity index (χ3v) is 6.18. The Balaban J connectivity index is 1.37. The molecule has 8 heteroatoms. The van der Waals surface area contributed by atoms with Crippen molar-refractivity contribution in [3.63, 3.8) is 0 Å². The average Bonchev–Trinajstić information content (AvgIpc) is 3.49. The quantitative estimate of drug-likeness (QED) is 0.710. The van der Waals surface area contributed by atoms with Crippen molar-refractivity contribution in [1.82, 2.24) is 10.2 Å². The molecule has 0 bridgehead atoms. The van der Waals surface area contributed by atoms with E-state index in [9.17, 15) is 23.2 Å². The lowest BCUT2D eigenvalue weighted by atomic mass is 9.95. The van der Waals surface area contributed by atoms with E-state index in [2.05, 4.69) is 5.32 Å². The molecule has 1 heterocycles. The van der Waals surface area contributed by atoms with Crippen LogP contribution < -0.4 is 5.32 Å². The molecule has 5 nitrogen and oxygen atoms in total. The lowest BCUT2D eigenvalue weighted by molar-refractivity contribution is -0.125. The summed E-state index contributed by atoms with van der Waals surface area (Å²) in [5, 5.41) is 2.31. The fourth-order valence-corrected chi connectivity index (χ4v) is 4.27. The van der Waals surface area contributed by atoms with Crippen LogP contribution in [0.2, 0.25) is 0 Å². The number of thioether (sulfide) groups is 1. The fraction of sp³-hybridized carbons (Fsp3) is 0.227. The molecule has 154 valence electrons. The van der Waals surface area contributed by atoms with Crippen molar-refractivity contribution < 1.29 is 23.2 Å². The first-order valence-electron chi connectivity index (χ1n) is 9.45. The van der Waals surface area contributed by atoms with E-state index in [0.717, 1.165) is 22.2 Å². The molecule has 1 saturated carbocycles. The van der Waals surface area contributed by atoms with Gasteiger partial charge in [-0.3, -0.25) is 19.3 Å². The highest BCUT2D eigenvalue weighted by Gasteiger charge is 2.51. The normalized spacial score (nSPS) is 18.7. The molecule has 3 amide bonds. The van der Waals surface area contributed by atoms with Gasteiger partial charge >= 0.3 is 0 Å². The molecule has 0 radical (unpaired) electrons. The first-order chi connectivity index (χ1) is 14.4. The van der Waals surface area contributed by atoms with Crippen LogP contribution in [0.4, 0.5) is 13.6 Å². The molecule has 0 aromatic heterocycles. The number of hydrogen-bond donors (Lipinski definition) is 1. The lowest BCUT2D eigenvalue weighted by Gasteiger charge is -2.17. The largest absolute Gasteiger partial charge is 0.354 e. The number of nitrogens with zero attached hydrogens (tertiary/aromatic N) is 1. The smallest absolute Gasteiger partial charge is 0.293 e. The van der Waals surface area contributed by atoms with Crippen LogP contribution in [0.15, 0.2) is 53.4 Å². The number of nitrogens with one attached hydrogen (secondary N) is 1. The number of hydrogen-bond acceptors (Lipinski definition) is 4. The first-order valence-corrected chi connectivity index (χ1v) is 10.3. The molecular weight excluding hydrogens is 410 g/mol. The zero-order valence-electron chi connectivity index (χ0n) is 15.9. The van der Waals surface area contributed by atoms with E-state index in [4.69, 9.17) is 0 Å². The highest BCUT2D eigenvalue weighted by molar-refractivity contribution is 8.18. The van der Waals surface area contributed by atoms with Gasteiger partial charge in [-0.05, 0) is 54.4 Å². The van der Waals surface area contributed by atoms with Crippen molar-refractivity contribution in [2.45, 2.75) is 18.3 Å². The summed E-state index contributed by atoms with van der Waals surface area (Å²) in [6, 6.07) is 11.8. The Morgan fingerprint density at radius 2 is 1.80 bits per heavy atom. The molecule has 2 aromatic rings. The Morgan fingerprint density at radius 1 is 1.10 bits per heavy atom. The number of amides is 3. The summed E-state index contributed by atoms with van der Waals surface area (Å²) in [4.78, 5) is 38.5. The molecule has 2 fully saturated rings. The summed E-state index contributed by atoms with van der Waals surface area (Å²) in [5.74, 6) is -1.56. The maximum atomic E-state index is 13.8. The van der Waals surface area contributed by atoms with E-state index in [-0.39, 0.29) is 35.3 Å². The summed E-state index contributed by atoms with van der Waals surface area (Å²) in [6.45, 7) is 0.122. The Bertz CT molecular complexity index is 1050. The highest BCUT2D eigenvalue weighted by atomic mass is 32.2. The third-order valence-electron chi connectivity index (χ3n) is 5.27. The Morgan fingerprint density at radius 3 is 2.47 bits per heavy atom. The number of rotatable bonds is 6. The minimum absolute atomic E-state index is 0.0184. The molecule has 1 aliphatic heterocycles. The molecule has 2 aromatic carbocycles. The monoisotopic (exact) mass is 428 g/mol. The lowest BCUT2D eigenvalue weighted by Crippen LogP contribution is -2.41. The SMILES string of the molecule is O=C1S/C(=C\c2ccccc2F)C(=O)N1CCNC(=O)C1(c2ccc(F)cc2)CC1. The Hall–Kier alpha value is -3.00. The molecule has 1 saturated heterocycles. The van der Waals surface area contributed by atoms with Gasteiger partial charge in [0.05, 0.1) is 10.3 Å². The number of carbonyl (C=O) groups is 3. The van der Waals surface area contributed by atoms with Gasteiger partial charge in [0.2, 0.25) is 5.91 Å². The maximum Gasteiger partial charge on any atom is 0.293 e. The Kier molecular flexibility index (Phi) is 5.42. The van der Waals surface area contributed by atoms with E-state index in [1.165, 1.54) is 30.3 Å². The van der Waals surface area contributed by atoms with Crippen LogP contribution in [-0.4, -0.2) is 35.0 Å². The van der Waals surface area contributed by atoms with Crippen LogP contribution in [0.25, 0.3) is 6.08 Å². The number of imide groups is 1. The number of halogens is 2. The standard InChI is InChI=1S/C22H18F2N2O3S/c23-16-7-5-15(6-8-16)22(9-10-22)20(28)25-11-12-26-19(27)18(30-21(26)29)13-14-3-1-2-4-17(14)24/h1-8,13H,9-12H2,(H,25,28)/b18-13-. The zero-order valence-corrected chi connectivity index (χ0v) is 16.7. The summed E-state index contributed by atoms with van der Waals surface area (Å²) >= 11 is 0.744. The topological polar surface area (TPSA) is 66.5 Å². The molecule has 0 spiro atoms. The fourth-order valence-electron chi connectivity index (χ4n) is 3.42. The van der Waals surface area contributed by atoms with Crippen molar-refractivity contribution >= 4 is 34.9 Å². The second-order valence-electron chi connectivity index (χ2n) is 7.20. The van der Waals surface area contributed by atoms with Crippen LogP contribution in [0.1, 0.15) is 24.0 Å². The van der Waals surface area contributed by atoms with Crippen LogP contribution in [-0.2, 0) is 15.0 Å². The van der Waals surface area contributed by atoms with Gasteiger partial charge in [0.25, 0.3) is 11.1 Å². The third kappa shape index (κ3) is 3.87. The molecule has 1 aliphatic carbocycles. The van der Waals surface area contributed by atoms with Gasteiger partial charge in [-0.1, -0.05) is 30.3 Å². The molecular formula is C22H18F2N2O3S. The molecule has 0 atom stereocenters. The average molecular weight is 428 g/mol. The summed E-state index contributed by atoms with van der Waals surface area (Å²) in [7, 11) is 0. The van der Waals surface area contributed by atoms with Gasteiger partial charge in [-0.2, -0.15) is 0 Å². The maximum absolute atomic E-state index is 13.8. The highest BCUT2D eigenvalue weighted by Crippen LogP contribution is 2.48. The van der Waals surface area contributed by atoms with Crippen molar-refractivity contribution in [2.24, 2.45) is 0 Å². The van der Waals surface area contributed by atoms with Crippen molar-refractivity contribution in [1.29, 1.82) is 0 Å². The number of carbonyl (C=O) groups excluding carboxylic acids is 3. The van der Waals surface area contributed by atoms with Gasteiger partial charge in [0, 0.05) is 18.7 Å². The summed E-state index contributed by atoms with van der Waals surface area (Å²) in [6.07, 6.45) is 2.68. The van der Waals surface area contributed by atoms with Crippen molar-refractivity contribution in [3.8, 4) is 0 Å². The van der Waals surface area contributed by atoms with Crippen molar-refractivity contribution in [2.75, 3.05) is 13.1 Å². The minimum atomic E-state index is -0.669. The Labute approximate surface area is 176 Å². The predicted octanol–water partition coefficient (Wildman–Crippen LogP) is 3.85. The first kappa shape index (κ1) is 20.3. The van der Waals surface area contributed by atoms with Crippen molar-refractivity contribution in [3.05, 3.63) is 76.2 Å². The van der Waals surface area contributed by atoms with Crippen LogP contribution >= 0.6 is 11.8 Å². The van der Waals surface area contributed by atoms with E-state index in [1.54, 1.807) is 24.3 Å². The summed E-state index contributed by atoms with van der Waals surface area (Å²) in [5.41, 5.74) is 0.309.